The third-order valence-electron chi connectivity index (χ3n) is 6.92. The fourth-order valence-electron chi connectivity index (χ4n) is 5.05. The summed E-state index contributed by atoms with van der Waals surface area (Å²) in [6.07, 6.45) is 5.80. The third-order valence-corrected chi connectivity index (χ3v) is 6.92. The number of anilines is 1. The van der Waals surface area contributed by atoms with E-state index in [2.05, 4.69) is 25.1 Å². The zero-order valence-electron chi connectivity index (χ0n) is 17.1. The summed E-state index contributed by atoms with van der Waals surface area (Å²) in [7, 11) is 0. The van der Waals surface area contributed by atoms with Crippen LogP contribution in [0, 0.1) is 17.7 Å². The van der Waals surface area contributed by atoms with Crippen molar-refractivity contribution in [2.75, 3.05) is 37.6 Å². The quantitative estimate of drug-likeness (QED) is 0.841. The van der Waals surface area contributed by atoms with E-state index >= 15 is 0 Å². The average Bonchev–Trinajstić information content (AvgIpc) is 2.80. The molecule has 0 radical (unpaired) electrons. The predicted octanol–water partition coefficient (Wildman–Crippen LogP) is 2.71. The number of nitrogens with one attached hydrogen (secondary N) is 1. The summed E-state index contributed by atoms with van der Waals surface area (Å²) >= 11 is 0. The number of benzene rings is 1. The topological polar surface area (TPSA) is 61.4 Å². The van der Waals surface area contributed by atoms with Gasteiger partial charge in [0, 0.05) is 43.4 Å². The van der Waals surface area contributed by atoms with E-state index in [4.69, 9.17) is 0 Å². The molecule has 4 aliphatic rings. The van der Waals surface area contributed by atoms with E-state index in [0.717, 1.165) is 43.7 Å². The van der Waals surface area contributed by atoms with Crippen molar-refractivity contribution in [3.8, 4) is 11.3 Å². The van der Waals surface area contributed by atoms with Gasteiger partial charge in [-0.25, -0.2) is 14.4 Å². The molecule has 6 rings (SSSR count). The van der Waals surface area contributed by atoms with E-state index < -0.39 is 0 Å². The number of halogens is 1. The van der Waals surface area contributed by atoms with Crippen LogP contribution in [-0.2, 0) is 4.79 Å². The molecule has 0 aliphatic carbocycles. The van der Waals surface area contributed by atoms with E-state index in [1.54, 1.807) is 18.3 Å². The van der Waals surface area contributed by atoms with Crippen molar-refractivity contribution >= 4 is 11.9 Å². The highest BCUT2D eigenvalue weighted by Gasteiger charge is 2.36. The molecule has 1 aromatic carbocycles. The largest absolute Gasteiger partial charge is 0.352 e. The average molecular weight is 410 g/mol. The zero-order chi connectivity index (χ0) is 20.5. The molecule has 6 nitrogen and oxygen atoms in total. The Labute approximate surface area is 176 Å². The number of hydrogen-bond donors (Lipinski definition) is 1. The van der Waals surface area contributed by atoms with Crippen molar-refractivity contribution in [3.63, 3.8) is 0 Å². The minimum atomic E-state index is -0.258. The summed E-state index contributed by atoms with van der Waals surface area (Å²) in [5.41, 5.74) is 1.65. The van der Waals surface area contributed by atoms with E-state index in [1.807, 2.05) is 6.07 Å². The lowest BCUT2D eigenvalue weighted by Gasteiger charge is -2.45. The molecule has 2 aromatic rings. The number of aromatic nitrogens is 2. The van der Waals surface area contributed by atoms with Crippen molar-refractivity contribution in [1.29, 1.82) is 0 Å². The summed E-state index contributed by atoms with van der Waals surface area (Å²) in [6, 6.07) is 8.50. The molecule has 4 aliphatic heterocycles. The second kappa shape index (κ2) is 8.30. The molecule has 0 saturated carbocycles. The maximum Gasteiger partial charge on any atom is 0.225 e. The number of hydrogen-bond acceptors (Lipinski definition) is 5. The lowest BCUT2D eigenvalue weighted by molar-refractivity contribution is -0.127. The fraction of sp³-hybridized carbons (Fsp3) is 0.522. The van der Waals surface area contributed by atoms with Gasteiger partial charge in [-0.1, -0.05) is 0 Å². The Hall–Kier alpha value is -2.54. The lowest BCUT2D eigenvalue weighted by Crippen LogP contribution is -2.58. The van der Waals surface area contributed by atoms with Gasteiger partial charge in [0.25, 0.3) is 0 Å². The van der Waals surface area contributed by atoms with Crippen LogP contribution in [0.15, 0.2) is 36.5 Å². The number of fused-ring (bicyclic) bond motifs is 3. The molecular weight excluding hydrogens is 381 g/mol. The van der Waals surface area contributed by atoms with Crippen LogP contribution in [0.25, 0.3) is 11.3 Å². The van der Waals surface area contributed by atoms with Crippen LogP contribution in [0.1, 0.15) is 25.7 Å². The van der Waals surface area contributed by atoms with Crippen LogP contribution in [0.4, 0.5) is 10.3 Å². The maximum atomic E-state index is 13.2. The summed E-state index contributed by atoms with van der Waals surface area (Å²) in [4.78, 5) is 26.6. The normalized spacial score (nSPS) is 26.6. The summed E-state index contributed by atoms with van der Waals surface area (Å²) in [5.74, 6) is 1.35. The van der Waals surface area contributed by atoms with Gasteiger partial charge in [0.2, 0.25) is 11.9 Å². The van der Waals surface area contributed by atoms with Gasteiger partial charge in [0.05, 0.1) is 5.69 Å². The van der Waals surface area contributed by atoms with Gasteiger partial charge in [-0.15, -0.1) is 0 Å². The molecule has 2 bridgehead atoms. The third kappa shape index (κ3) is 4.03. The molecule has 4 saturated heterocycles. The summed E-state index contributed by atoms with van der Waals surface area (Å²) in [5, 5.41) is 3.35. The molecule has 1 unspecified atom stereocenters. The highest BCUT2D eigenvalue weighted by atomic mass is 19.1. The predicted molar refractivity (Wildman–Crippen MR) is 113 cm³/mol. The second-order valence-electron chi connectivity index (χ2n) is 8.76. The standard InChI is InChI=1S/C23H28FN5O/c24-19-3-1-16(2-4-19)20-5-10-25-23(27-20)29-13-8-18(9-14-29)22(30)26-21-15-28-11-6-17(21)7-12-28/h1-5,10,17-18,21H,6-9,11-15H2,(H,26,30). The minimum Gasteiger partial charge on any atom is -0.352 e. The Kier molecular flexibility index (Phi) is 5.37. The Morgan fingerprint density at radius 2 is 1.73 bits per heavy atom. The van der Waals surface area contributed by atoms with Crippen LogP contribution in [0.5, 0.6) is 0 Å². The van der Waals surface area contributed by atoms with Gasteiger partial charge < -0.3 is 15.1 Å². The van der Waals surface area contributed by atoms with Crippen LogP contribution in [-0.4, -0.2) is 59.5 Å². The molecule has 30 heavy (non-hydrogen) atoms. The number of piperidine rings is 4. The number of carbonyl (C=O) groups excluding carboxylic acids is 1. The van der Waals surface area contributed by atoms with Crippen molar-refractivity contribution in [1.82, 2.24) is 20.2 Å². The molecule has 1 N–H and O–H groups in total. The number of rotatable bonds is 4. The molecular formula is C23H28FN5O. The first-order valence-corrected chi connectivity index (χ1v) is 11.0. The van der Waals surface area contributed by atoms with E-state index in [-0.39, 0.29) is 17.6 Å². The molecule has 1 aromatic heterocycles. The number of amides is 1. The van der Waals surface area contributed by atoms with Gasteiger partial charge in [0.15, 0.2) is 0 Å². The first kappa shape index (κ1) is 19.4. The van der Waals surface area contributed by atoms with Gasteiger partial charge in [-0.05, 0) is 75.0 Å². The monoisotopic (exact) mass is 409 g/mol. The molecule has 5 heterocycles. The molecule has 0 spiro atoms. The number of carbonyl (C=O) groups is 1. The summed E-state index contributed by atoms with van der Waals surface area (Å²) in [6.45, 7) is 4.93. The summed E-state index contributed by atoms with van der Waals surface area (Å²) < 4.78 is 13.2. The van der Waals surface area contributed by atoms with Crippen molar-refractivity contribution in [2.24, 2.45) is 11.8 Å². The van der Waals surface area contributed by atoms with E-state index in [1.165, 1.54) is 38.1 Å². The molecule has 7 heteroatoms. The van der Waals surface area contributed by atoms with Gasteiger partial charge in [-0.2, -0.15) is 0 Å². The van der Waals surface area contributed by atoms with Crippen LogP contribution in [0.3, 0.4) is 0 Å². The Balaban J connectivity index is 1.18. The molecule has 4 fully saturated rings. The van der Waals surface area contributed by atoms with Gasteiger partial charge in [0.1, 0.15) is 5.82 Å². The molecule has 158 valence electrons. The Bertz CT molecular complexity index is 889. The number of nitrogens with zero attached hydrogens (tertiary/aromatic N) is 4. The fourth-order valence-corrected chi connectivity index (χ4v) is 5.05. The van der Waals surface area contributed by atoms with Gasteiger partial charge in [-0.3, -0.25) is 4.79 Å². The second-order valence-corrected chi connectivity index (χ2v) is 8.76. The SMILES string of the molecule is O=C(NC1CN2CCC1CC2)C1CCN(c2nccc(-c3ccc(F)cc3)n2)CC1. The highest BCUT2D eigenvalue weighted by molar-refractivity contribution is 5.79. The highest BCUT2D eigenvalue weighted by Crippen LogP contribution is 2.29. The Morgan fingerprint density at radius 3 is 2.40 bits per heavy atom. The zero-order valence-corrected chi connectivity index (χ0v) is 17.1. The van der Waals surface area contributed by atoms with Gasteiger partial charge >= 0.3 is 0 Å². The Morgan fingerprint density at radius 1 is 1.00 bits per heavy atom. The smallest absolute Gasteiger partial charge is 0.225 e. The van der Waals surface area contributed by atoms with Crippen LogP contribution in [0.2, 0.25) is 0 Å². The minimum absolute atomic E-state index is 0.0667. The van der Waals surface area contributed by atoms with E-state index in [9.17, 15) is 9.18 Å². The first-order valence-electron chi connectivity index (χ1n) is 11.0. The van der Waals surface area contributed by atoms with Crippen molar-refractivity contribution in [2.45, 2.75) is 31.7 Å². The molecule has 1 atom stereocenters. The van der Waals surface area contributed by atoms with Crippen molar-refractivity contribution in [3.05, 3.63) is 42.3 Å². The van der Waals surface area contributed by atoms with Crippen molar-refractivity contribution < 1.29 is 9.18 Å². The van der Waals surface area contributed by atoms with Crippen LogP contribution >= 0.6 is 0 Å². The molecule has 1 amide bonds. The maximum absolute atomic E-state index is 13.2. The van der Waals surface area contributed by atoms with E-state index in [0.29, 0.717) is 17.9 Å². The first-order chi connectivity index (χ1) is 14.7. The van der Waals surface area contributed by atoms with Crippen LogP contribution < -0.4 is 10.2 Å². The lowest BCUT2D eigenvalue weighted by atomic mass is 9.83.